The number of hydrogen-bond donors (Lipinski definition) is 0. The molecule has 2 fully saturated rings. The van der Waals surface area contributed by atoms with Gasteiger partial charge in [0.25, 0.3) is 0 Å². The van der Waals surface area contributed by atoms with Gasteiger partial charge in [-0.3, -0.25) is 14.6 Å². The minimum absolute atomic E-state index is 0.229. The van der Waals surface area contributed by atoms with Crippen LogP contribution >= 0.6 is 0 Å². The zero-order valence-corrected chi connectivity index (χ0v) is 15.2. The molecule has 1 aromatic rings. The lowest BCUT2D eigenvalue weighted by atomic mass is 9.97. The summed E-state index contributed by atoms with van der Waals surface area (Å²) in [5, 5.41) is 0. The first-order valence-electron chi connectivity index (χ1n) is 9.37. The van der Waals surface area contributed by atoms with E-state index < -0.39 is 0 Å². The van der Waals surface area contributed by atoms with Gasteiger partial charge in [0.2, 0.25) is 5.91 Å². The molecular formula is C20H31N3O. The van der Waals surface area contributed by atoms with Crippen molar-refractivity contribution in [2.24, 2.45) is 0 Å². The minimum Gasteiger partial charge on any atom is -0.343 e. The highest BCUT2D eigenvalue weighted by Crippen LogP contribution is 2.23. The van der Waals surface area contributed by atoms with Gasteiger partial charge in [-0.2, -0.15) is 0 Å². The van der Waals surface area contributed by atoms with Gasteiger partial charge in [-0.15, -0.1) is 0 Å². The summed E-state index contributed by atoms with van der Waals surface area (Å²) in [6.07, 6.45) is 4.85. The monoisotopic (exact) mass is 329 g/mol. The van der Waals surface area contributed by atoms with E-state index in [1.807, 2.05) is 4.90 Å². The van der Waals surface area contributed by atoms with Crippen molar-refractivity contribution in [3.05, 3.63) is 35.9 Å². The molecule has 0 N–H and O–H groups in total. The van der Waals surface area contributed by atoms with Crippen LogP contribution in [0.1, 0.15) is 38.2 Å². The van der Waals surface area contributed by atoms with Crippen molar-refractivity contribution in [3.8, 4) is 0 Å². The molecule has 1 atom stereocenters. The molecule has 24 heavy (non-hydrogen) atoms. The van der Waals surface area contributed by atoms with Crippen LogP contribution in [0.2, 0.25) is 0 Å². The number of carbonyl (C=O) groups is 1. The number of carbonyl (C=O) groups excluding carboxylic acids is 1. The first-order chi connectivity index (χ1) is 11.6. The normalized spacial score (nSPS) is 23.6. The Balaban J connectivity index is 1.52. The second kappa shape index (κ2) is 8.13. The first-order valence-corrected chi connectivity index (χ1v) is 9.37. The van der Waals surface area contributed by atoms with Gasteiger partial charge in [0.05, 0.1) is 0 Å². The molecule has 0 aliphatic carbocycles. The van der Waals surface area contributed by atoms with E-state index in [1.165, 1.54) is 31.5 Å². The highest BCUT2D eigenvalue weighted by molar-refractivity contribution is 5.73. The van der Waals surface area contributed by atoms with Crippen LogP contribution in [0.4, 0.5) is 0 Å². The van der Waals surface area contributed by atoms with E-state index in [0.717, 1.165) is 32.5 Å². The number of hydrogen-bond acceptors (Lipinski definition) is 3. The van der Waals surface area contributed by atoms with Crippen molar-refractivity contribution in [2.75, 3.05) is 33.2 Å². The summed E-state index contributed by atoms with van der Waals surface area (Å²) in [5.41, 5.74) is 1.40. The van der Waals surface area contributed by atoms with Gasteiger partial charge in [-0.25, -0.2) is 0 Å². The molecule has 0 bridgehead atoms. The Morgan fingerprint density at radius 3 is 2.50 bits per heavy atom. The minimum atomic E-state index is 0.229. The molecule has 2 aliphatic heterocycles. The highest BCUT2D eigenvalue weighted by Gasteiger charge is 2.30. The van der Waals surface area contributed by atoms with E-state index in [1.54, 1.807) is 6.92 Å². The van der Waals surface area contributed by atoms with Gasteiger partial charge in [0, 0.05) is 45.2 Å². The number of nitrogens with zero attached hydrogens (tertiary/aromatic N) is 3. The van der Waals surface area contributed by atoms with Crippen molar-refractivity contribution in [1.82, 2.24) is 14.7 Å². The summed E-state index contributed by atoms with van der Waals surface area (Å²) in [6.45, 7) is 6.98. The summed E-state index contributed by atoms with van der Waals surface area (Å²) >= 11 is 0. The van der Waals surface area contributed by atoms with Gasteiger partial charge in [0.1, 0.15) is 0 Å². The van der Waals surface area contributed by atoms with Crippen LogP contribution < -0.4 is 0 Å². The molecular weight excluding hydrogens is 298 g/mol. The first kappa shape index (κ1) is 17.4. The third kappa shape index (κ3) is 4.37. The molecule has 2 saturated heterocycles. The fourth-order valence-electron chi connectivity index (χ4n) is 4.22. The van der Waals surface area contributed by atoms with Crippen LogP contribution in [-0.2, 0) is 11.3 Å². The fourth-order valence-corrected chi connectivity index (χ4v) is 4.22. The Bertz CT molecular complexity index is 525. The summed E-state index contributed by atoms with van der Waals surface area (Å²) in [4.78, 5) is 18.7. The van der Waals surface area contributed by atoms with Crippen LogP contribution in [0.5, 0.6) is 0 Å². The molecule has 0 spiro atoms. The summed E-state index contributed by atoms with van der Waals surface area (Å²) in [5.74, 6) is 0.229. The van der Waals surface area contributed by atoms with Crippen molar-refractivity contribution in [3.63, 3.8) is 0 Å². The van der Waals surface area contributed by atoms with Crippen molar-refractivity contribution < 1.29 is 4.79 Å². The van der Waals surface area contributed by atoms with Crippen molar-refractivity contribution >= 4 is 5.91 Å². The van der Waals surface area contributed by atoms with E-state index in [9.17, 15) is 4.79 Å². The lowest BCUT2D eigenvalue weighted by Crippen LogP contribution is -2.53. The molecule has 2 aliphatic rings. The summed E-state index contributed by atoms with van der Waals surface area (Å²) in [7, 11) is 2.26. The summed E-state index contributed by atoms with van der Waals surface area (Å²) in [6, 6.07) is 12.1. The predicted octanol–water partition coefficient (Wildman–Crippen LogP) is 2.59. The molecule has 0 saturated carbocycles. The maximum Gasteiger partial charge on any atom is 0.219 e. The Morgan fingerprint density at radius 2 is 1.83 bits per heavy atom. The van der Waals surface area contributed by atoms with Crippen LogP contribution in [0.15, 0.2) is 30.3 Å². The average molecular weight is 329 g/mol. The second-order valence-corrected chi connectivity index (χ2v) is 7.43. The van der Waals surface area contributed by atoms with E-state index in [4.69, 9.17) is 0 Å². The third-order valence-corrected chi connectivity index (χ3v) is 5.75. The van der Waals surface area contributed by atoms with Gasteiger partial charge >= 0.3 is 0 Å². The Morgan fingerprint density at radius 1 is 1.12 bits per heavy atom. The Kier molecular flexibility index (Phi) is 5.90. The van der Waals surface area contributed by atoms with Crippen LogP contribution in [0.25, 0.3) is 0 Å². The van der Waals surface area contributed by atoms with Gasteiger partial charge < -0.3 is 4.90 Å². The number of rotatable bonds is 4. The Hall–Kier alpha value is -1.39. The summed E-state index contributed by atoms with van der Waals surface area (Å²) < 4.78 is 0. The molecule has 1 aromatic carbocycles. The van der Waals surface area contributed by atoms with Gasteiger partial charge in [0.15, 0.2) is 0 Å². The zero-order chi connectivity index (χ0) is 16.9. The smallest absolute Gasteiger partial charge is 0.219 e. The van der Waals surface area contributed by atoms with Gasteiger partial charge in [-0.05, 0) is 44.8 Å². The molecule has 3 rings (SSSR count). The SMILES string of the molecule is CC(=O)N1CCC(N2CCC[C@@H](N(C)Cc3ccccc3)C2)CC1. The predicted molar refractivity (Wildman–Crippen MR) is 97.8 cm³/mol. The largest absolute Gasteiger partial charge is 0.343 e. The van der Waals surface area contributed by atoms with Crippen LogP contribution in [-0.4, -0.2) is 65.9 Å². The molecule has 4 nitrogen and oxygen atoms in total. The Labute approximate surface area is 146 Å². The molecule has 132 valence electrons. The quantitative estimate of drug-likeness (QED) is 0.849. The van der Waals surface area contributed by atoms with Crippen LogP contribution in [0, 0.1) is 0 Å². The number of amides is 1. The number of likely N-dealkylation sites (tertiary alicyclic amines) is 2. The highest BCUT2D eigenvalue weighted by atomic mass is 16.2. The number of benzene rings is 1. The molecule has 0 unspecified atom stereocenters. The average Bonchev–Trinajstić information content (AvgIpc) is 2.63. The van der Waals surface area contributed by atoms with Gasteiger partial charge in [-0.1, -0.05) is 30.3 Å². The van der Waals surface area contributed by atoms with E-state index >= 15 is 0 Å². The molecule has 1 amide bonds. The lowest BCUT2D eigenvalue weighted by Gasteiger charge is -2.44. The standard InChI is InChI=1S/C20H31N3O/c1-17(24)22-13-10-19(11-14-22)23-12-6-9-20(16-23)21(2)15-18-7-4-3-5-8-18/h3-5,7-8,19-20H,6,9-16H2,1-2H3/t20-/m1/s1. The van der Waals surface area contributed by atoms with E-state index in [-0.39, 0.29) is 5.91 Å². The molecule has 0 aromatic heterocycles. The van der Waals surface area contributed by atoms with E-state index in [2.05, 4.69) is 47.2 Å². The lowest BCUT2D eigenvalue weighted by molar-refractivity contribution is -0.130. The third-order valence-electron chi connectivity index (χ3n) is 5.75. The maximum absolute atomic E-state index is 11.5. The van der Waals surface area contributed by atoms with Crippen molar-refractivity contribution in [1.29, 1.82) is 0 Å². The molecule has 2 heterocycles. The van der Waals surface area contributed by atoms with Crippen molar-refractivity contribution in [2.45, 2.75) is 51.2 Å². The number of likely N-dealkylation sites (N-methyl/N-ethyl adjacent to an activating group) is 1. The fraction of sp³-hybridized carbons (Fsp3) is 0.650. The molecule has 4 heteroatoms. The zero-order valence-electron chi connectivity index (χ0n) is 15.2. The topological polar surface area (TPSA) is 26.8 Å². The van der Waals surface area contributed by atoms with Crippen LogP contribution in [0.3, 0.4) is 0 Å². The second-order valence-electron chi connectivity index (χ2n) is 7.43. The molecule has 0 radical (unpaired) electrons. The maximum atomic E-state index is 11.5. The number of piperidine rings is 2. The van der Waals surface area contributed by atoms with E-state index in [0.29, 0.717) is 12.1 Å².